The number of hydrogen-bond acceptors (Lipinski definition) is 6. The van der Waals surface area contributed by atoms with Gasteiger partial charge in [0.2, 0.25) is 0 Å². The molecule has 1 aliphatic rings. The zero-order chi connectivity index (χ0) is 24.2. The van der Waals surface area contributed by atoms with Gasteiger partial charge in [-0.2, -0.15) is 0 Å². The summed E-state index contributed by atoms with van der Waals surface area (Å²) in [5.41, 5.74) is 1.30. The smallest absolute Gasteiger partial charge is 0.325 e. The van der Waals surface area contributed by atoms with Crippen LogP contribution < -0.4 is 10.6 Å². The average molecular weight is 477 g/mol. The van der Waals surface area contributed by atoms with Gasteiger partial charge in [0.15, 0.2) is 18.2 Å². The first kappa shape index (κ1) is 22.9. The summed E-state index contributed by atoms with van der Waals surface area (Å²) in [6.45, 7) is -1.06. The van der Waals surface area contributed by atoms with Gasteiger partial charge in [0.25, 0.3) is 11.8 Å². The maximum absolute atomic E-state index is 12.8. The minimum Gasteiger partial charge on any atom is -0.454 e. The summed E-state index contributed by atoms with van der Waals surface area (Å²) in [5.74, 6) is -2.68. The SMILES string of the molecule is O=C(COC(=O)CNC(=O)c1ccccc1)Nc1cc2c(cc1Cl)C(=O)c1ccccc1C2=O. The van der Waals surface area contributed by atoms with Crippen molar-refractivity contribution >= 4 is 46.6 Å². The van der Waals surface area contributed by atoms with Gasteiger partial charge in [-0.3, -0.25) is 24.0 Å². The number of fused-ring (bicyclic) bond motifs is 2. The molecular formula is C25H17ClN2O6. The van der Waals surface area contributed by atoms with Crippen molar-refractivity contribution in [2.75, 3.05) is 18.5 Å². The van der Waals surface area contributed by atoms with Gasteiger partial charge >= 0.3 is 5.97 Å². The first-order chi connectivity index (χ1) is 16.3. The molecule has 0 unspecified atom stereocenters. The van der Waals surface area contributed by atoms with E-state index in [-0.39, 0.29) is 39.0 Å². The zero-order valence-corrected chi connectivity index (χ0v) is 18.3. The molecule has 0 atom stereocenters. The number of hydrogen-bond donors (Lipinski definition) is 2. The lowest BCUT2D eigenvalue weighted by atomic mass is 9.84. The lowest BCUT2D eigenvalue weighted by molar-refractivity contribution is -0.146. The standard InChI is InChI=1S/C25H17ClN2O6/c26-19-10-17-18(24(32)16-9-5-4-8-15(16)23(17)31)11-20(19)28-21(29)13-34-22(30)12-27-25(33)14-6-2-1-3-7-14/h1-11H,12-13H2,(H,27,33)(H,28,29). The predicted molar refractivity (Wildman–Crippen MR) is 123 cm³/mol. The number of carbonyl (C=O) groups is 5. The summed E-state index contributed by atoms with van der Waals surface area (Å²) in [4.78, 5) is 61.6. The number of benzene rings is 3. The lowest BCUT2D eigenvalue weighted by Crippen LogP contribution is -2.32. The fraction of sp³-hybridized carbons (Fsp3) is 0.0800. The van der Waals surface area contributed by atoms with Gasteiger partial charge in [0.05, 0.1) is 10.7 Å². The molecule has 34 heavy (non-hydrogen) atoms. The number of anilines is 1. The Morgan fingerprint density at radius 1 is 0.794 bits per heavy atom. The maximum Gasteiger partial charge on any atom is 0.325 e. The third-order valence-corrected chi connectivity index (χ3v) is 5.39. The minimum absolute atomic E-state index is 0.0501. The number of esters is 1. The van der Waals surface area contributed by atoms with Gasteiger partial charge < -0.3 is 15.4 Å². The van der Waals surface area contributed by atoms with Crippen LogP contribution in [0.2, 0.25) is 5.02 Å². The second-order valence-corrected chi connectivity index (χ2v) is 7.75. The molecule has 2 amide bonds. The molecule has 9 heteroatoms. The van der Waals surface area contributed by atoms with Crippen LogP contribution in [0.3, 0.4) is 0 Å². The van der Waals surface area contributed by atoms with Gasteiger partial charge in [0, 0.05) is 27.8 Å². The highest BCUT2D eigenvalue weighted by Crippen LogP contribution is 2.33. The van der Waals surface area contributed by atoms with E-state index in [2.05, 4.69) is 10.6 Å². The Balaban J connectivity index is 1.36. The van der Waals surface area contributed by atoms with E-state index in [4.69, 9.17) is 16.3 Å². The second-order valence-electron chi connectivity index (χ2n) is 7.34. The van der Waals surface area contributed by atoms with E-state index in [1.54, 1.807) is 54.6 Å². The van der Waals surface area contributed by atoms with Crippen molar-refractivity contribution in [1.29, 1.82) is 0 Å². The lowest BCUT2D eigenvalue weighted by Gasteiger charge is -2.19. The molecule has 3 aromatic rings. The van der Waals surface area contributed by atoms with E-state index in [0.29, 0.717) is 11.1 Å². The van der Waals surface area contributed by atoms with Crippen LogP contribution in [0.25, 0.3) is 0 Å². The summed E-state index contributed by atoms with van der Waals surface area (Å²) < 4.78 is 4.87. The molecule has 170 valence electrons. The first-order valence-corrected chi connectivity index (χ1v) is 10.5. The average Bonchev–Trinajstić information content (AvgIpc) is 2.86. The van der Waals surface area contributed by atoms with Crippen molar-refractivity contribution < 1.29 is 28.7 Å². The molecule has 0 saturated carbocycles. The van der Waals surface area contributed by atoms with Crippen LogP contribution in [-0.2, 0) is 14.3 Å². The van der Waals surface area contributed by atoms with E-state index >= 15 is 0 Å². The molecule has 0 radical (unpaired) electrons. The Labute approximate surface area is 198 Å². The van der Waals surface area contributed by atoms with E-state index in [9.17, 15) is 24.0 Å². The van der Waals surface area contributed by atoms with Crippen LogP contribution >= 0.6 is 11.6 Å². The summed E-state index contributed by atoms with van der Waals surface area (Å²) in [5, 5.41) is 4.91. The Morgan fingerprint density at radius 2 is 1.38 bits per heavy atom. The van der Waals surface area contributed by atoms with Gasteiger partial charge in [-0.05, 0) is 24.3 Å². The number of halogens is 1. The summed E-state index contributed by atoms with van der Waals surface area (Å²) in [7, 11) is 0. The number of carbonyl (C=O) groups excluding carboxylic acids is 5. The quantitative estimate of drug-likeness (QED) is 0.413. The van der Waals surface area contributed by atoms with Gasteiger partial charge in [-0.15, -0.1) is 0 Å². The van der Waals surface area contributed by atoms with E-state index in [0.717, 1.165) is 0 Å². The van der Waals surface area contributed by atoms with Gasteiger partial charge in [-0.25, -0.2) is 0 Å². The van der Waals surface area contributed by atoms with Crippen LogP contribution in [0.5, 0.6) is 0 Å². The summed E-state index contributed by atoms with van der Waals surface area (Å²) in [6, 6.07) is 17.4. The molecule has 1 aliphatic carbocycles. The highest BCUT2D eigenvalue weighted by molar-refractivity contribution is 6.36. The summed E-state index contributed by atoms with van der Waals surface area (Å²) >= 11 is 6.22. The van der Waals surface area contributed by atoms with Crippen LogP contribution in [0.1, 0.15) is 42.2 Å². The molecule has 0 saturated heterocycles. The second kappa shape index (κ2) is 9.68. The van der Waals surface area contributed by atoms with Gasteiger partial charge in [-0.1, -0.05) is 54.1 Å². The number of ketones is 2. The first-order valence-electron chi connectivity index (χ1n) is 10.2. The molecule has 0 fully saturated rings. The van der Waals surface area contributed by atoms with Gasteiger partial charge in [0.1, 0.15) is 6.54 Å². The number of rotatable bonds is 6. The topological polar surface area (TPSA) is 119 Å². The Kier molecular flexibility index (Phi) is 6.51. The van der Waals surface area contributed by atoms with Crippen molar-refractivity contribution in [3.8, 4) is 0 Å². The molecular weight excluding hydrogens is 460 g/mol. The molecule has 8 nitrogen and oxygen atoms in total. The molecule has 0 aliphatic heterocycles. The Hall–Kier alpha value is -4.30. The van der Waals surface area contributed by atoms with Crippen LogP contribution in [-0.4, -0.2) is 42.5 Å². The van der Waals surface area contributed by atoms with Crippen molar-refractivity contribution in [2.24, 2.45) is 0 Å². The van der Waals surface area contributed by atoms with Crippen LogP contribution in [0.4, 0.5) is 5.69 Å². The van der Waals surface area contributed by atoms with Crippen molar-refractivity contribution in [3.05, 3.63) is 99.6 Å². The van der Waals surface area contributed by atoms with Crippen LogP contribution in [0, 0.1) is 0 Å². The molecule has 4 rings (SSSR count). The van der Waals surface area contributed by atoms with E-state index in [1.807, 2.05) is 0 Å². The van der Waals surface area contributed by atoms with Crippen molar-refractivity contribution in [1.82, 2.24) is 5.32 Å². The molecule has 2 N–H and O–H groups in total. The maximum atomic E-state index is 12.8. The molecule has 0 bridgehead atoms. The molecule has 3 aromatic carbocycles. The third-order valence-electron chi connectivity index (χ3n) is 5.08. The van der Waals surface area contributed by atoms with E-state index in [1.165, 1.54) is 12.1 Å². The highest BCUT2D eigenvalue weighted by Gasteiger charge is 2.30. The molecule has 0 aromatic heterocycles. The van der Waals surface area contributed by atoms with E-state index < -0.39 is 30.9 Å². The van der Waals surface area contributed by atoms with Crippen molar-refractivity contribution in [3.63, 3.8) is 0 Å². The number of amides is 2. The fourth-order valence-corrected chi connectivity index (χ4v) is 3.65. The highest BCUT2D eigenvalue weighted by atomic mass is 35.5. The zero-order valence-electron chi connectivity index (χ0n) is 17.6. The Morgan fingerprint density at radius 3 is 2.03 bits per heavy atom. The number of ether oxygens (including phenoxy) is 1. The van der Waals surface area contributed by atoms with Crippen LogP contribution in [0.15, 0.2) is 66.7 Å². The Bertz CT molecular complexity index is 1340. The largest absolute Gasteiger partial charge is 0.454 e. The molecule has 0 spiro atoms. The normalized spacial score (nSPS) is 11.8. The monoisotopic (exact) mass is 476 g/mol. The number of nitrogens with one attached hydrogen (secondary N) is 2. The third kappa shape index (κ3) is 4.72. The van der Waals surface area contributed by atoms with Crippen molar-refractivity contribution in [2.45, 2.75) is 0 Å². The fourth-order valence-electron chi connectivity index (χ4n) is 3.44. The predicted octanol–water partition coefficient (Wildman–Crippen LogP) is 3.03. The summed E-state index contributed by atoms with van der Waals surface area (Å²) in [6.07, 6.45) is 0. The molecule has 0 heterocycles. The minimum atomic E-state index is -0.812.